The molecule has 2 aromatic heterocycles. The SMILES string of the molecule is N#Cc1ccccc1-c1ccc(-c2nc(-c3ccccc3)nc(-c3cccc(Oc4cccc(-c5nc(-c6ccccc6)nc(-c6ccccc6)n5)c4)c3)n2)cc1. The number of aromatic nitrogens is 6. The topological polar surface area (TPSA) is 110 Å². The standard InChI is InChI=1S/C49H31N7O/c50-32-40-20-10-11-25-43(40)33-26-28-37(29-27-33)47-52-46(36-18-8-3-9-19-36)55-49(56-47)39-22-13-24-42(31-39)57-41-23-12-21-38(30-41)48-53-44(34-14-4-1-5-15-34)51-45(54-48)35-16-6-2-7-17-35/h1-31H. The highest BCUT2D eigenvalue weighted by atomic mass is 16.5. The molecule has 0 aliphatic carbocycles. The predicted octanol–water partition coefficient (Wildman–Crippen LogP) is 11.4. The van der Waals surface area contributed by atoms with Crippen molar-refractivity contribution in [2.24, 2.45) is 0 Å². The molecule has 0 unspecified atom stereocenters. The lowest BCUT2D eigenvalue weighted by molar-refractivity contribution is 0.483. The van der Waals surface area contributed by atoms with Gasteiger partial charge in [0.2, 0.25) is 0 Å². The average molecular weight is 734 g/mol. The van der Waals surface area contributed by atoms with Gasteiger partial charge in [-0.05, 0) is 41.5 Å². The smallest absolute Gasteiger partial charge is 0.164 e. The molecule has 0 aliphatic heterocycles. The lowest BCUT2D eigenvalue weighted by Gasteiger charge is -2.12. The predicted molar refractivity (Wildman–Crippen MR) is 222 cm³/mol. The fraction of sp³-hybridized carbons (Fsp3) is 0. The van der Waals surface area contributed by atoms with Crippen LogP contribution >= 0.6 is 0 Å². The van der Waals surface area contributed by atoms with Gasteiger partial charge in [0.15, 0.2) is 34.9 Å². The molecule has 57 heavy (non-hydrogen) atoms. The first-order valence-electron chi connectivity index (χ1n) is 18.3. The molecule has 0 saturated carbocycles. The summed E-state index contributed by atoms with van der Waals surface area (Å²) in [6, 6.07) is 62.9. The fourth-order valence-electron chi connectivity index (χ4n) is 6.45. The van der Waals surface area contributed by atoms with Gasteiger partial charge >= 0.3 is 0 Å². The number of nitrogens with zero attached hydrogens (tertiary/aromatic N) is 7. The van der Waals surface area contributed by atoms with Crippen molar-refractivity contribution in [1.29, 1.82) is 5.26 Å². The van der Waals surface area contributed by atoms with Gasteiger partial charge < -0.3 is 4.74 Å². The molecule has 0 N–H and O–H groups in total. The van der Waals surface area contributed by atoms with Gasteiger partial charge in [-0.2, -0.15) is 5.26 Å². The van der Waals surface area contributed by atoms with E-state index in [0.717, 1.165) is 44.5 Å². The number of hydrogen-bond donors (Lipinski definition) is 0. The number of hydrogen-bond acceptors (Lipinski definition) is 8. The Morgan fingerprint density at radius 2 is 0.649 bits per heavy atom. The first-order chi connectivity index (χ1) is 28.2. The summed E-state index contributed by atoms with van der Waals surface area (Å²) >= 11 is 0. The van der Waals surface area contributed by atoms with Crippen LogP contribution in [0.15, 0.2) is 188 Å². The minimum absolute atomic E-state index is 0.504. The van der Waals surface area contributed by atoms with Crippen molar-refractivity contribution in [2.75, 3.05) is 0 Å². The van der Waals surface area contributed by atoms with Crippen LogP contribution in [0, 0.1) is 11.3 Å². The van der Waals surface area contributed by atoms with Crippen molar-refractivity contribution in [3.8, 4) is 97.0 Å². The second kappa shape index (κ2) is 15.7. The van der Waals surface area contributed by atoms with Gasteiger partial charge in [-0.3, -0.25) is 0 Å². The van der Waals surface area contributed by atoms with Gasteiger partial charge in [-0.25, -0.2) is 29.9 Å². The van der Waals surface area contributed by atoms with Crippen LogP contribution in [0.1, 0.15) is 5.56 Å². The van der Waals surface area contributed by atoms with Crippen LogP contribution in [0.2, 0.25) is 0 Å². The van der Waals surface area contributed by atoms with Gasteiger partial charge in [0, 0.05) is 33.4 Å². The van der Waals surface area contributed by atoms with Gasteiger partial charge in [0.25, 0.3) is 0 Å². The highest BCUT2D eigenvalue weighted by molar-refractivity contribution is 5.74. The van der Waals surface area contributed by atoms with Gasteiger partial charge in [0.05, 0.1) is 11.6 Å². The Bertz CT molecular complexity index is 2820. The summed E-state index contributed by atoms with van der Waals surface area (Å²) in [5.41, 5.74) is 7.48. The van der Waals surface area contributed by atoms with E-state index < -0.39 is 0 Å². The molecule has 8 nitrogen and oxygen atoms in total. The number of rotatable bonds is 9. The van der Waals surface area contributed by atoms with Crippen molar-refractivity contribution >= 4 is 0 Å². The van der Waals surface area contributed by atoms with E-state index in [9.17, 15) is 5.26 Å². The Hall–Kier alpha value is -8.15. The molecule has 9 rings (SSSR count). The summed E-state index contributed by atoms with van der Waals surface area (Å²) in [4.78, 5) is 29.4. The van der Waals surface area contributed by atoms with E-state index in [4.69, 9.17) is 34.6 Å². The molecule has 0 aliphatic rings. The van der Waals surface area contributed by atoms with Gasteiger partial charge in [-0.1, -0.05) is 158 Å². The van der Waals surface area contributed by atoms with Crippen LogP contribution in [0.3, 0.4) is 0 Å². The molecule has 0 radical (unpaired) electrons. The van der Waals surface area contributed by atoms with Crippen molar-refractivity contribution in [2.45, 2.75) is 0 Å². The quantitative estimate of drug-likeness (QED) is 0.144. The summed E-state index contributed by atoms with van der Waals surface area (Å²) in [5.74, 6) is 4.52. The van der Waals surface area contributed by atoms with Crippen LogP contribution in [0.5, 0.6) is 11.5 Å². The van der Waals surface area contributed by atoms with E-state index in [2.05, 4.69) is 6.07 Å². The van der Waals surface area contributed by atoms with E-state index >= 15 is 0 Å². The van der Waals surface area contributed by atoms with E-state index in [1.165, 1.54) is 0 Å². The van der Waals surface area contributed by atoms with Gasteiger partial charge in [0.1, 0.15) is 11.5 Å². The summed E-state index contributed by atoms with van der Waals surface area (Å²) in [5, 5.41) is 9.65. The zero-order chi connectivity index (χ0) is 38.4. The molecular weight excluding hydrogens is 703 g/mol. The Balaban J connectivity index is 1.05. The molecule has 9 aromatic rings. The molecular formula is C49H31N7O. The largest absolute Gasteiger partial charge is 0.457 e. The lowest BCUT2D eigenvalue weighted by Crippen LogP contribution is -2.00. The number of nitriles is 1. The molecule has 0 fully saturated rings. The van der Waals surface area contributed by atoms with Crippen LogP contribution in [0.25, 0.3) is 79.5 Å². The van der Waals surface area contributed by atoms with Crippen molar-refractivity contribution in [1.82, 2.24) is 29.9 Å². The highest BCUT2D eigenvalue weighted by Gasteiger charge is 2.16. The minimum atomic E-state index is 0.504. The molecule has 268 valence electrons. The van der Waals surface area contributed by atoms with Crippen LogP contribution < -0.4 is 4.74 Å². The zero-order valence-corrected chi connectivity index (χ0v) is 30.4. The second-order valence-corrected chi connectivity index (χ2v) is 13.1. The molecule has 7 aromatic carbocycles. The number of benzene rings is 7. The van der Waals surface area contributed by atoms with Crippen LogP contribution in [-0.4, -0.2) is 29.9 Å². The summed E-state index contributed by atoms with van der Waals surface area (Å²) in [6.07, 6.45) is 0. The second-order valence-electron chi connectivity index (χ2n) is 13.1. The normalized spacial score (nSPS) is 10.8. The molecule has 0 amide bonds. The fourth-order valence-corrected chi connectivity index (χ4v) is 6.45. The third-order valence-electron chi connectivity index (χ3n) is 9.29. The van der Waals surface area contributed by atoms with Gasteiger partial charge in [-0.15, -0.1) is 0 Å². The molecule has 2 heterocycles. The Morgan fingerprint density at radius 3 is 1.07 bits per heavy atom. The Morgan fingerprint density at radius 1 is 0.316 bits per heavy atom. The maximum Gasteiger partial charge on any atom is 0.164 e. The summed E-state index contributed by atoms with van der Waals surface area (Å²) in [7, 11) is 0. The molecule has 8 heteroatoms. The van der Waals surface area contributed by atoms with E-state index in [1.54, 1.807) is 0 Å². The third-order valence-corrected chi connectivity index (χ3v) is 9.29. The Labute approximate surface area is 329 Å². The van der Waals surface area contributed by atoms with Crippen molar-refractivity contribution in [3.05, 3.63) is 194 Å². The lowest BCUT2D eigenvalue weighted by atomic mass is 9.99. The molecule has 0 saturated heterocycles. The van der Waals surface area contributed by atoms with Crippen LogP contribution in [0.4, 0.5) is 0 Å². The zero-order valence-electron chi connectivity index (χ0n) is 30.4. The van der Waals surface area contributed by atoms with Crippen molar-refractivity contribution in [3.63, 3.8) is 0 Å². The monoisotopic (exact) mass is 733 g/mol. The van der Waals surface area contributed by atoms with E-state index in [0.29, 0.717) is 52.0 Å². The maximum absolute atomic E-state index is 9.65. The summed E-state index contributed by atoms with van der Waals surface area (Å²) in [6.45, 7) is 0. The first kappa shape index (κ1) is 34.6. The maximum atomic E-state index is 9.65. The first-order valence-corrected chi connectivity index (χ1v) is 18.3. The highest BCUT2D eigenvalue weighted by Crippen LogP contribution is 2.32. The minimum Gasteiger partial charge on any atom is -0.457 e. The number of ether oxygens (including phenoxy) is 1. The third kappa shape index (κ3) is 7.63. The van der Waals surface area contributed by atoms with Crippen LogP contribution in [-0.2, 0) is 0 Å². The van der Waals surface area contributed by atoms with E-state index in [-0.39, 0.29) is 0 Å². The Kier molecular flexibility index (Phi) is 9.52. The average Bonchev–Trinajstić information content (AvgIpc) is 3.30. The molecule has 0 bridgehead atoms. The molecule has 0 spiro atoms. The van der Waals surface area contributed by atoms with Crippen molar-refractivity contribution < 1.29 is 4.74 Å². The summed E-state index contributed by atoms with van der Waals surface area (Å²) < 4.78 is 6.47. The van der Waals surface area contributed by atoms with E-state index in [1.807, 2.05) is 188 Å². The molecule has 0 atom stereocenters.